The lowest BCUT2D eigenvalue weighted by Gasteiger charge is -2.36. The molecule has 25 aromatic rings. The third kappa shape index (κ3) is 22.1. The number of rotatable bonds is 6. The molecule has 0 aliphatic carbocycles. The summed E-state index contributed by atoms with van der Waals surface area (Å²) in [5.41, 5.74) is 32.8. The van der Waals surface area contributed by atoms with Gasteiger partial charge in [-0.2, -0.15) is 0 Å². The number of para-hydroxylation sites is 13. The van der Waals surface area contributed by atoms with Crippen molar-refractivity contribution < 1.29 is 30.3 Å². The molecule has 0 radical (unpaired) electrons. The second-order valence-electron chi connectivity index (χ2n) is 38.5. The minimum absolute atomic E-state index is 0.0734. The van der Waals surface area contributed by atoms with Crippen molar-refractivity contribution in [3.8, 4) is 28.5 Å². The molecule has 0 fully saturated rings. The zero-order valence-corrected chi connectivity index (χ0v) is 85.0. The van der Waals surface area contributed by atoms with Crippen molar-refractivity contribution in [3.63, 3.8) is 0 Å². The summed E-state index contributed by atoms with van der Waals surface area (Å²) in [6.45, 7) is 8.98. The van der Waals surface area contributed by atoms with E-state index in [9.17, 15) is 15.0 Å². The van der Waals surface area contributed by atoms with Gasteiger partial charge in [-0.25, -0.2) is 0 Å². The molecule has 150 heavy (non-hydrogen) atoms. The molecule has 30 rings (SSSR count). The number of phenolic OH excluding ortho intramolecular Hbond substituents is 3. The van der Waals surface area contributed by atoms with Gasteiger partial charge in [0.25, 0.3) is 0 Å². The maximum absolute atomic E-state index is 10.5. The van der Waals surface area contributed by atoms with E-state index in [-0.39, 0.29) is 13.0 Å². The molecular formula is C133H125N11O6. The largest absolute Gasteiger partial charge is 0.508 e. The Kier molecular flexibility index (Phi) is 30.9. The number of hydrogen-bond acceptors (Lipinski definition) is 8. The Morgan fingerprint density at radius 2 is 0.753 bits per heavy atom. The summed E-state index contributed by atoms with van der Waals surface area (Å²) in [7, 11) is 6.25. The van der Waals surface area contributed by atoms with Crippen LogP contribution in [0.4, 0.5) is 22.7 Å². The third-order valence-electron chi connectivity index (χ3n) is 29.2. The number of aryl methyl sites for hydroxylation is 8. The Labute approximate surface area is 873 Å². The van der Waals surface area contributed by atoms with Crippen molar-refractivity contribution in [1.82, 2.24) is 38.2 Å². The molecule has 748 valence electrons. The number of aromatic nitrogens is 8. The quantitative estimate of drug-likeness (QED) is 0.0764. The average molecular weight is 1970 g/mol. The first-order chi connectivity index (χ1) is 73.7. The number of carboxylic acid groups (broad SMARTS) is 1. The summed E-state index contributed by atoms with van der Waals surface area (Å²) in [4.78, 5) is 28.1. The number of aliphatic carboxylic acids is 1. The summed E-state index contributed by atoms with van der Waals surface area (Å²) in [5.74, 6) is 0.320. The first kappa shape index (κ1) is 99.4. The number of H-pyrrole nitrogens is 4. The van der Waals surface area contributed by atoms with Crippen molar-refractivity contribution in [1.29, 1.82) is 0 Å². The van der Waals surface area contributed by atoms with Gasteiger partial charge in [0.2, 0.25) is 0 Å². The van der Waals surface area contributed by atoms with Gasteiger partial charge in [-0.1, -0.05) is 280 Å². The Bertz CT molecular complexity index is 8780. The van der Waals surface area contributed by atoms with Crippen LogP contribution >= 0.6 is 0 Å². The fraction of sp³-hybridized carbons (Fsp3) is 0.150. The van der Waals surface area contributed by atoms with Gasteiger partial charge in [0.05, 0.1) is 23.0 Å². The lowest BCUT2D eigenvalue weighted by molar-refractivity contribution is -0.136. The number of nitrogens with one attached hydrogen (secondary N) is 5. The number of nitrogens with zero attached hydrogens (tertiary/aromatic N) is 6. The summed E-state index contributed by atoms with van der Waals surface area (Å²) >= 11 is 0. The number of aromatic amines is 4. The first-order valence-electron chi connectivity index (χ1n) is 52.0. The molecule has 0 saturated heterocycles. The standard InChI is InChI=1S/C15H13N.C14H13N.C14H11N.C13H11NO.C13H11N.C12H15NO.C12H15N.C12H9N.C10H9NO2.C10H11NO.C8H7NO/c1-16-14-10-6-5-9-13(14)11-15(16)12-7-3-2-4-8-12;1-3-7-13-11(5-1)9-10-12-6-2-4-8-14(12)15-13;1-2-15-13-9-5-3-7-11(13)12-8-4-6-10-14(12)15;1-14-12-5-3-2-4-10(12)11-7-6-9(15)8-13(11)14;1-14-12-8-4-2-6-10(12)11-7-3-5-9-13(11)14;14-11-6-5-9-3-1-7-13-8-2-4-10(11)12(9)13;1-4-10-6-2-8-13-9-3-7-11(5-1)12(10)13;1-3-7-11-9(5-1)10-6-2-4-8-12(10)13-11;12-10(13)5-7-6-11-9-4-2-1-3-8(7)9;12-6-5-8-7-11-10-4-2-1-3-9(8)10;10-7-1-2-8-6(5-7)3-4-9-8/h2-11H,1H3;1-8,15H,9-10H2;2-10H,1H2;2-8,15H,1H3;2-9H,1H3;5-6,14H,1-4,7-8H2;1,4-5H,2-3,6-9H2;1-8,13H;1-4,6,11H,5H2,(H,12,13);1-4,7,11-12H,5-6H2;1-5,9-10H. The van der Waals surface area contributed by atoms with Crippen LogP contribution in [0.25, 0.3) is 148 Å². The van der Waals surface area contributed by atoms with E-state index in [4.69, 9.17) is 15.3 Å². The molecule has 10 N–H and O–H groups in total. The molecule has 8 aromatic heterocycles. The lowest BCUT2D eigenvalue weighted by Crippen LogP contribution is -2.34. The van der Waals surface area contributed by atoms with E-state index >= 15 is 0 Å². The first-order valence-corrected chi connectivity index (χ1v) is 52.0. The maximum Gasteiger partial charge on any atom is 0.307 e. The summed E-state index contributed by atoms with van der Waals surface area (Å²) < 4.78 is 8.71. The molecule has 0 bridgehead atoms. The Hall–Kier alpha value is -17.9. The van der Waals surface area contributed by atoms with Gasteiger partial charge in [0.15, 0.2) is 0 Å². The van der Waals surface area contributed by atoms with E-state index in [0.29, 0.717) is 17.2 Å². The summed E-state index contributed by atoms with van der Waals surface area (Å²) in [6.07, 6.45) is 20.4. The number of carbonyl (C=O) groups is 1. The third-order valence-corrected chi connectivity index (χ3v) is 29.2. The molecule has 0 spiro atoms. The van der Waals surface area contributed by atoms with E-state index in [0.717, 1.165) is 64.1 Å². The number of aromatic hydroxyl groups is 3. The number of fused-ring (bicyclic) bond motifs is 18. The fourth-order valence-corrected chi connectivity index (χ4v) is 21.9. The van der Waals surface area contributed by atoms with Crippen molar-refractivity contribution in [2.24, 2.45) is 21.1 Å². The predicted octanol–water partition coefficient (Wildman–Crippen LogP) is 30.8. The van der Waals surface area contributed by atoms with Crippen LogP contribution < -0.4 is 15.1 Å². The molecule has 0 unspecified atom stereocenters. The smallest absolute Gasteiger partial charge is 0.307 e. The maximum atomic E-state index is 10.5. The molecule has 17 nitrogen and oxygen atoms in total. The van der Waals surface area contributed by atoms with Crippen molar-refractivity contribution in [2.75, 3.05) is 47.9 Å². The second kappa shape index (κ2) is 46.6. The molecular weight excluding hydrogens is 1850 g/mol. The molecule has 0 saturated carbocycles. The van der Waals surface area contributed by atoms with Crippen molar-refractivity contribution in [3.05, 3.63) is 470 Å². The molecule has 17 heteroatoms. The monoisotopic (exact) mass is 1970 g/mol. The van der Waals surface area contributed by atoms with Crippen LogP contribution in [0.3, 0.4) is 0 Å². The molecule has 5 aliphatic heterocycles. The van der Waals surface area contributed by atoms with Crippen LogP contribution in [0, 0.1) is 0 Å². The highest BCUT2D eigenvalue weighted by Gasteiger charge is 2.27. The predicted molar refractivity (Wildman–Crippen MR) is 627 cm³/mol. The second-order valence-corrected chi connectivity index (χ2v) is 38.5. The van der Waals surface area contributed by atoms with Gasteiger partial charge < -0.3 is 78.9 Å². The van der Waals surface area contributed by atoms with E-state index in [2.05, 4.69) is 365 Å². The van der Waals surface area contributed by atoms with Gasteiger partial charge in [0, 0.05) is 233 Å². The van der Waals surface area contributed by atoms with Crippen molar-refractivity contribution >= 4 is 166 Å². The van der Waals surface area contributed by atoms with Crippen LogP contribution in [0.15, 0.2) is 426 Å². The topological polar surface area (TPSA) is 220 Å². The number of benzene rings is 17. The van der Waals surface area contributed by atoms with Crippen LogP contribution in [0.5, 0.6) is 17.2 Å². The van der Waals surface area contributed by atoms with E-state index in [1.54, 1.807) is 47.3 Å². The zero-order valence-electron chi connectivity index (χ0n) is 85.0. The van der Waals surface area contributed by atoms with Gasteiger partial charge in [-0.15, -0.1) is 0 Å². The van der Waals surface area contributed by atoms with Crippen LogP contribution in [0.1, 0.15) is 70.2 Å². The van der Waals surface area contributed by atoms with E-state index in [1.807, 2.05) is 111 Å². The minimum Gasteiger partial charge on any atom is -0.508 e. The molecule has 17 aromatic carbocycles. The average Bonchev–Trinajstić information content (AvgIpc) is 1.50. The molecule has 5 aliphatic rings. The van der Waals surface area contributed by atoms with Crippen LogP contribution in [0.2, 0.25) is 0 Å². The number of aliphatic hydroxyl groups excluding tert-OH is 1. The number of hydrogen-bond donors (Lipinski definition) is 10. The highest BCUT2D eigenvalue weighted by molar-refractivity contribution is 6.11. The highest BCUT2D eigenvalue weighted by Crippen LogP contribution is 2.42. The molecule has 13 heterocycles. The normalized spacial score (nSPS) is 12.7. The Morgan fingerprint density at radius 1 is 0.333 bits per heavy atom. The van der Waals surface area contributed by atoms with Gasteiger partial charge in [0.1, 0.15) is 17.2 Å². The molecule has 0 atom stereocenters. The lowest BCUT2D eigenvalue weighted by atomic mass is 9.91. The Balaban J connectivity index is 0.0000000999. The summed E-state index contributed by atoms with van der Waals surface area (Å²) in [6, 6.07) is 136. The number of aliphatic hydroxyl groups is 1. The minimum atomic E-state index is -0.801. The van der Waals surface area contributed by atoms with Gasteiger partial charge in [-0.05, 0) is 236 Å². The van der Waals surface area contributed by atoms with Gasteiger partial charge >= 0.3 is 5.97 Å². The number of anilines is 4. The van der Waals surface area contributed by atoms with E-state index in [1.165, 1.54) is 225 Å². The van der Waals surface area contributed by atoms with E-state index < -0.39 is 5.97 Å². The van der Waals surface area contributed by atoms with Crippen LogP contribution in [-0.4, -0.2) is 102 Å². The number of phenols is 3. The number of carboxylic acids is 1. The Morgan fingerprint density at radius 3 is 1.29 bits per heavy atom. The zero-order chi connectivity index (χ0) is 103. The summed E-state index contributed by atoms with van der Waals surface area (Å²) in [5, 5.41) is 64.0. The highest BCUT2D eigenvalue weighted by atomic mass is 16.4. The van der Waals surface area contributed by atoms with Gasteiger partial charge in [-0.3, -0.25) is 4.79 Å². The van der Waals surface area contributed by atoms with Crippen molar-refractivity contribution in [2.45, 2.75) is 77.0 Å². The molecule has 0 amide bonds. The SMILES string of the molecule is C=Cn1c2ccccc2c2ccccc21.Cn1c(-c2ccccc2)cc2ccccc21.Cn1c2ccccc2c2ccc(O)cc21.Cn1c2ccccc2c2ccccc21.O=C(O)Cc1c[nH]c2ccccc12.OCCc1c[nH]c2ccccc12.Oc1ccc2[nH]ccc2c1.Oc1ccc2c3c1CCCN3CCC2.c1cc2c3c(c1)CCCN3CCC2.c1ccc2c(c1)CCc1ccccc1N2.c1ccc2c(c1)[nH]c1ccccc12. The fourth-order valence-electron chi connectivity index (χ4n) is 21.9. The van der Waals surface area contributed by atoms with Crippen LogP contribution in [-0.2, 0) is 77.3 Å².